The monoisotopic (exact) mass is 363 g/mol. The lowest BCUT2D eigenvalue weighted by Gasteiger charge is -2.25. The Morgan fingerprint density at radius 1 is 1.32 bits per heavy atom. The summed E-state index contributed by atoms with van der Waals surface area (Å²) in [5.74, 6) is -0.416. The third kappa shape index (κ3) is 4.46. The first-order valence-corrected chi connectivity index (χ1v) is 7.85. The molecule has 0 saturated heterocycles. The van der Waals surface area contributed by atoms with Gasteiger partial charge in [0.05, 0.1) is 4.92 Å². The number of halogens is 1. The van der Waals surface area contributed by atoms with Crippen LogP contribution >= 0.6 is 11.6 Å². The second kappa shape index (κ2) is 7.50. The van der Waals surface area contributed by atoms with Gasteiger partial charge < -0.3 is 15.7 Å². The molecule has 1 amide bonds. The van der Waals surface area contributed by atoms with Gasteiger partial charge in [-0.25, -0.2) is 0 Å². The number of hydrogen-bond donors (Lipinski definition) is 3. The van der Waals surface area contributed by atoms with Crippen LogP contribution in [0.3, 0.4) is 0 Å². The fraction of sp³-hybridized carbons (Fsp3) is 0.235. The molecule has 0 heterocycles. The molecular weight excluding hydrogens is 346 g/mol. The van der Waals surface area contributed by atoms with Crippen molar-refractivity contribution in [3.63, 3.8) is 0 Å². The number of rotatable bonds is 6. The normalized spacial score (nSPS) is 13.0. The summed E-state index contributed by atoms with van der Waals surface area (Å²) >= 11 is 5.94. The molecule has 25 heavy (non-hydrogen) atoms. The van der Waals surface area contributed by atoms with Gasteiger partial charge in [0.25, 0.3) is 11.6 Å². The standard InChI is InChI=1S/C17H18ClN3O4/c1-17(23,12-4-3-5-13(18)9-12)10-20-14-7-6-11(16(22)19-2)8-15(14)21(24)25/h3-9,20,23H,10H2,1-2H3,(H,19,22). The highest BCUT2D eigenvalue weighted by Gasteiger charge is 2.25. The zero-order valence-electron chi connectivity index (χ0n) is 13.7. The fourth-order valence-corrected chi connectivity index (χ4v) is 2.50. The number of carbonyl (C=O) groups excluding carboxylic acids is 1. The van der Waals surface area contributed by atoms with Crippen molar-refractivity contribution in [1.29, 1.82) is 0 Å². The van der Waals surface area contributed by atoms with E-state index in [4.69, 9.17) is 11.6 Å². The summed E-state index contributed by atoms with van der Waals surface area (Å²) in [5.41, 5.74) is -0.570. The second-order valence-electron chi connectivity index (χ2n) is 5.71. The molecule has 7 nitrogen and oxygen atoms in total. The van der Waals surface area contributed by atoms with Crippen LogP contribution in [0.2, 0.25) is 5.02 Å². The van der Waals surface area contributed by atoms with Crippen LogP contribution in [0.1, 0.15) is 22.8 Å². The Labute approximate surface area is 149 Å². The summed E-state index contributed by atoms with van der Waals surface area (Å²) < 4.78 is 0. The van der Waals surface area contributed by atoms with Crippen LogP contribution in [-0.4, -0.2) is 29.5 Å². The topological polar surface area (TPSA) is 104 Å². The average molecular weight is 364 g/mol. The molecule has 0 fully saturated rings. The van der Waals surface area contributed by atoms with E-state index >= 15 is 0 Å². The van der Waals surface area contributed by atoms with Gasteiger partial charge in [-0.1, -0.05) is 23.7 Å². The van der Waals surface area contributed by atoms with E-state index < -0.39 is 16.4 Å². The first kappa shape index (κ1) is 18.7. The molecule has 132 valence electrons. The maximum Gasteiger partial charge on any atom is 0.293 e. The first-order chi connectivity index (χ1) is 11.7. The summed E-state index contributed by atoms with van der Waals surface area (Å²) in [6.07, 6.45) is 0. The minimum atomic E-state index is -1.29. The number of aliphatic hydroxyl groups is 1. The van der Waals surface area contributed by atoms with Crippen LogP contribution in [0, 0.1) is 10.1 Å². The maximum atomic E-state index is 11.6. The third-order valence-electron chi connectivity index (χ3n) is 3.75. The van der Waals surface area contributed by atoms with Gasteiger partial charge in [-0.15, -0.1) is 0 Å². The predicted molar refractivity (Wildman–Crippen MR) is 96.0 cm³/mol. The quantitative estimate of drug-likeness (QED) is 0.540. The molecular formula is C17H18ClN3O4. The van der Waals surface area contributed by atoms with Crippen LogP contribution in [-0.2, 0) is 5.60 Å². The number of nitro groups is 1. The number of benzene rings is 2. The summed E-state index contributed by atoms with van der Waals surface area (Å²) in [6.45, 7) is 1.60. The number of carbonyl (C=O) groups is 1. The Morgan fingerprint density at radius 3 is 2.64 bits per heavy atom. The Balaban J connectivity index is 2.25. The Bertz CT molecular complexity index is 808. The van der Waals surface area contributed by atoms with Gasteiger partial charge in [-0.2, -0.15) is 0 Å². The molecule has 0 spiro atoms. The van der Waals surface area contributed by atoms with Gasteiger partial charge in [-0.3, -0.25) is 14.9 Å². The maximum absolute atomic E-state index is 11.6. The van der Waals surface area contributed by atoms with Crippen LogP contribution in [0.4, 0.5) is 11.4 Å². The van der Waals surface area contributed by atoms with E-state index in [1.54, 1.807) is 31.2 Å². The number of anilines is 1. The predicted octanol–water partition coefficient (Wildman–Crippen LogP) is 2.93. The van der Waals surface area contributed by atoms with Crippen LogP contribution in [0.15, 0.2) is 42.5 Å². The largest absolute Gasteiger partial charge is 0.384 e. The van der Waals surface area contributed by atoms with Crippen molar-refractivity contribution >= 4 is 28.9 Å². The van der Waals surface area contributed by atoms with Crippen molar-refractivity contribution in [2.45, 2.75) is 12.5 Å². The molecule has 2 rings (SSSR count). The smallest absolute Gasteiger partial charge is 0.293 e. The van der Waals surface area contributed by atoms with Gasteiger partial charge in [0, 0.05) is 30.2 Å². The van der Waals surface area contributed by atoms with E-state index in [0.717, 1.165) is 0 Å². The van der Waals surface area contributed by atoms with Crippen molar-refractivity contribution in [2.24, 2.45) is 0 Å². The van der Waals surface area contributed by atoms with Crippen LogP contribution in [0.25, 0.3) is 0 Å². The van der Waals surface area contributed by atoms with E-state index in [1.165, 1.54) is 25.2 Å². The number of nitrogens with one attached hydrogen (secondary N) is 2. The molecule has 0 aliphatic carbocycles. The second-order valence-corrected chi connectivity index (χ2v) is 6.14. The average Bonchev–Trinajstić information content (AvgIpc) is 2.59. The van der Waals surface area contributed by atoms with Gasteiger partial charge in [0.15, 0.2) is 0 Å². The van der Waals surface area contributed by atoms with E-state index in [-0.39, 0.29) is 23.5 Å². The van der Waals surface area contributed by atoms with Gasteiger partial charge in [-0.05, 0) is 36.8 Å². The number of hydrogen-bond acceptors (Lipinski definition) is 5. The number of nitro benzene ring substituents is 1. The summed E-state index contributed by atoms with van der Waals surface area (Å²) in [6, 6.07) is 10.9. The van der Waals surface area contributed by atoms with Crippen molar-refractivity contribution < 1.29 is 14.8 Å². The van der Waals surface area contributed by atoms with Crippen molar-refractivity contribution in [1.82, 2.24) is 5.32 Å². The molecule has 0 bridgehead atoms. The van der Waals surface area contributed by atoms with Gasteiger partial charge in [0.1, 0.15) is 11.3 Å². The molecule has 0 aliphatic heterocycles. The van der Waals surface area contributed by atoms with Gasteiger partial charge >= 0.3 is 0 Å². The zero-order chi connectivity index (χ0) is 18.6. The molecule has 0 radical (unpaired) electrons. The summed E-state index contributed by atoms with van der Waals surface area (Å²) in [5, 5.41) is 27.7. The molecule has 1 atom stereocenters. The highest BCUT2D eigenvalue weighted by Crippen LogP contribution is 2.28. The molecule has 0 aliphatic rings. The Morgan fingerprint density at radius 2 is 2.04 bits per heavy atom. The molecule has 8 heteroatoms. The van der Waals surface area contributed by atoms with E-state index in [2.05, 4.69) is 10.6 Å². The van der Waals surface area contributed by atoms with Crippen molar-refractivity contribution in [3.05, 3.63) is 68.7 Å². The summed E-state index contributed by atoms with van der Waals surface area (Å²) in [4.78, 5) is 22.3. The Kier molecular flexibility index (Phi) is 5.61. The minimum Gasteiger partial charge on any atom is -0.384 e. The first-order valence-electron chi connectivity index (χ1n) is 7.47. The SMILES string of the molecule is CNC(=O)c1ccc(NCC(C)(O)c2cccc(Cl)c2)c([N+](=O)[O-])c1. The lowest BCUT2D eigenvalue weighted by molar-refractivity contribution is -0.384. The van der Waals surface area contributed by atoms with Crippen LogP contribution in [0.5, 0.6) is 0 Å². The molecule has 0 aromatic heterocycles. The lowest BCUT2D eigenvalue weighted by Crippen LogP contribution is -2.31. The van der Waals surface area contributed by atoms with E-state index in [1.807, 2.05) is 0 Å². The van der Waals surface area contributed by atoms with Crippen molar-refractivity contribution in [2.75, 3.05) is 18.9 Å². The van der Waals surface area contributed by atoms with Crippen LogP contribution < -0.4 is 10.6 Å². The minimum absolute atomic E-state index is 0.0213. The highest BCUT2D eigenvalue weighted by atomic mass is 35.5. The molecule has 2 aromatic carbocycles. The number of amides is 1. The van der Waals surface area contributed by atoms with E-state index in [0.29, 0.717) is 10.6 Å². The molecule has 2 aromatic rings. The van der Waals surface area contributed by atoms with Crippen molar-refractivity contribution in [3.8, 4) is 0 Å². The lowest BCUT2D eigenvalue weighted by atomic mass is 9.96. The zero-order valence-corrected chi connectivity index (χ0v) is 14.5. The Hall–Kier alpha value is -2.64. The third-order valence-corrected chi connectivity index (χ3v) is 3.99. The highest BCUT2D eigenvalue weighted by molar-refractivity contribution is 6.30. The fourth-order valence-electron chi connectivity index (χ4n) is 2.31. The molecule has 0 saturated carbocycles. The van der Waals surface area contributed by atoms with E-state index in [9.17, 15) is 20.0 Å². The molecule has 1 unspecified atom stereocenters. The molecule has 3 N–H and O–H groups in total. The summed E-state index contributed by atoms with van der Waals surface area (Å²) in [7, 11) is 1.45. The number of nitrogens with zero attached hydrogens (tertiary/aromatic N) is 1. The van der Waals surface area contributed by atoms with Gasteiger partial charge in [0.2, 0.25) is 0 Å².